The first kappa shape index (κ1) is 22.8. The van der Waals surface area contributed by atoms with E-state index in [0.29, 0.717) is 28.4 Å². The van der Waals surface area contributed by atoms with Crippen LogP contribution in [0.4, 0.5) is 11.4 Å². The van der Waals surface area contributed by atoms with Crippen LogP contribution < -0.4 is 16.0 Å². The molecule has 154 valence electrons. The smallest absolute Gasteiger partial charge is 0.257 e. The van der Waals surface area contributed by atoms with E-state index >= 15 is 0 Å². The molecule has 0 bridgehead atoms. The molecule has 8 heteroatoms. The average molecular weight is 433 g/mol. The van der Waals surface area contributed by atoms with E-state index in [1.54, 1.807) is 48.5 Å². The lowest BCUT2D eigenvalue weighted by atomic mass is 10.2. The van der Waals surface area contributed by atoms with Crippen LogP contribution in [-0.2, 0) is 4.79 Å². The number of halogens is 1. The van der Waals surface area contributed by atoms with Gasteiger partial charge in [-0.25, -0.2) is 0 Å². The van der Waals surface area contributed by atoms with Crippen LogP contribution in [0.2, 0.25) is 5.02 Å². The highest BCUT2D eigenvalue weighted by molar-refractivity contribution is 7.80. The summed E-state index contributed by atoms with van der Waals surface area (Å²) in [7, 11) is 4.04. The molecule has 3 N–H and O–H groups in total. The molecule has 0 spiro atoms. The molecule has 0 atom stereocenters. The van der Waals surface area contributed by atoms with Gasteiger partial charge in [0.1, 0.15) is 0 Å². The van der Waals surface area contributed by atoms with E-state index in [-0.39, 0.29) is 16.9 Å². The summed E-state index contributed by atoms with van der Waals surface area (Å²) in [4.78, 5) is 26.3. The zero-order chi connectivity index (χ0) is 21.2. The fraction of sp³-hybridized carbons (Fsp3) is 0.286. The van der Waals surface area contributed by atoms with Crippen molar-refractivity contribution in [1.29, 1.82) is 0 Å². The van der Waals surface area contributed by atoms with Gasteiger partial charge in [-0.2, -0.15) is 0 Å². The maximum Gasteiger partial charge on any atom is 0.257 e. The topological polar surface area (TPSA) is 73.5 Å². The first-order valence-corrected chi connectivity index (χ1v) is 10.0. The molecular formula is C21H25ClN4O2S. The quantitative estimate of drug-likeness (QED) is 0.432. The Balaban J connectivity index is 1.78. The minimum atomic E-state index is -0.344. The van der Waals surface area contributed by atoms with Crippen molar-refractivity contribution in [3.05, 3.63) is 59.1 Å². The number of anilines is 2. The van der Waals surface area contributed by atoms with Crippen molar-refractivity contribution in [2.75, 3.05) is 31.3 Å². The summed E-state index contributed by atoms with van der Waals surface area (Å²) >= 11 is 11.1. The molecule has 0 saturated heterocycles. The van der Waals surface area contributed by atoms with Crippen LogP contribution in [0.1, 0.15) is 29.6 Å². The molecule has 0 unspecified atom stereocenters. The van der Waals surface area contributed by atoms with Gasteiger partial charge in [-0.1, -0.05) is 17.7 Å². The summed E-state index contributed by atoms with van der Waals surface area (Å²) in [6.45, 7) is 0.974. The molecule has 0 fully saturated rings. The van der Waals surface area contributed by atoms with Crippen LogP contribution in [0.3, 0.4) is 0 Å². The van der Waals surface area contributed by atoms with Gasteiger partial charge >= 0.3 is 0 Å². The van der Waals surface area contributed by atoms with Crippen LogP contribution in [0.15, 0.2) is 48.5 Å². The highest BCUT2D eigenvalue weighted by atomic mass is 35.5. The highest BCUT2D eigenvalue weighted by Crippen LogP contribution is 2.15. The normalized spacial score (nSPS) is 10.5. The van der Waals surface area contributed by atoms with E-state index in [2.05, 4.69) is 20.9 Å². The average Bonchev–Trinajstić information content (AvgIpc) is 2.66. The third-order valence-corrected chi connectivity index (χ3v) is 4.44. The second-order valence-electron chi connectivity index (χ2n) is 6.80. The Bertz CT molecular complexity index is 856. The maximum absolute atomic E-state index is 12.2. The first-order valence-electron chi connectivity index (χ1n) is 9.26. The summed E-state index contributed by atoms with van der Waals surface area (Å²) in [6, 6.07) is 13.7. The molecular weight excluding hydrogens is 408 g/mol. The van der Waals surface area contributed by atoms with Crippen molar-refractivity contribution in [2.24, 2.45) is 0 Å². The highest BCUT2D eigenvalue weighted by Gasteiger charge is 2.09. The lowest BCUT2D eigenvalue weighted by Crippen LogP contribution is -2.34. The monoisotopic (exact) mass is 432 g/mol. The van der Waals surface area contributed by atoms with Crippen LogP contribution in [0, 0.1) is 0 Å². The SMILES string of the molecule is CN(C)CCCCC(=O)Nc1ccc(NC(=S)NC(=O)c2cccc(Cl)c2)cc1. The third-order valence-electron chi connectivity index (χ3n) is 4.00. The van der Waals surface area contributed by atoms with Gasteiger partial charge in [-0.05, 0) is 88.2 Å². The van der Waals surface area contributed by atoms with Crippen LogP contribution in [0.5, 0.6) is 0 Å². The Hall–Kier alpha value is -2.48. The summed E-state index contributed by atoms with van der Waals surface area (Å²) in [6.07, 6.45) is 2.33. The number of carbonyl (C=O) groups is 2. The van der Waals surface area contributed by atoms with Crippen molar-refractivity contribution < 1.29 is 9.59 Å². The summed E-state index contributed by atoms with van der Waals surface area (Å²) in [5.74, 6) is -0.350. The number of thiocarbonyl (C=S) groups is 1. The summed E-state index contributed by atoms with van der Waals surface area (Å²) in [5.41, 5.74) is 1.83. The standard InChI is InChI=1S/C21H25ClN4O2S/c1-26(2)13-4-3-8-19(27)23-17-9-11-18(12-10-17)24-21(29)25-20(28)15-6-5-7-16(22)14-15/h5-7,9-12,14H,3-4,8,13H2,1-2H3,(H,23,27)(H2,24,25,28,29). The summed E-state index contributed by atoms with van der Waals surface area (Å²) in [5, 5.41) is 9.07. The maximum atomic E-state index is 12.2. The van der Waals surface area contributed by atoms with Gasteiger partial charge in [0.2, 0.25) is 5.91 Å². The van der Waals surface area contributed by atoms with Gasteiger partial charge in [0, 0.05) is 28.4 Å². The van der Waals surface area contributed by atoms with Crippen molar-refractivity contribution in [3.63, 3.8) is 0 Å². The molecule has 0 aromatic heterocycles. The molecule has 0 radical (unpaired) electrons. The van der Waals surface area contributed by atoms with E-state index in [1.807, 2.05) is 14.1 Å². The zero-order valence-corrected chi connectivity index (χ0v) is 18.1. The largest absolute Gasteiger partial charge is 0.332 e. The van der Waals surface area contributed by atoms with Gasteiger partial charge in [0.15, 0.2) is 5.11 Å². The number of rotatable bonds is 8. The molecule has 2 aromatic rings. The molecule has 0 aliphatic heterocycles. The number of nitrogens with zero attached hydrogens (tertiary/aromatic N) is 1. The predicted octanol–water partition coefficient (Wildman–Crippen LogP) is 4.14. The molecule has 2 aromatic carbocycles. The van der Waals surface area contributed by atoms with E-state index < -0.39 is 0 Å². The van der Waals surface area contributed by atoms with Gasteiger partial charge in [0.25, 0.3) is 5.91 Å². The van der Waals surface area contributed by atoms with Gasteiger partial charge < -0.3 is 15.5 Å². The third kappa shape index (κ3) is 8.60. The number of carbonyl (C=O) groups excluding carboxylic acids is 2. The molecule has 29 heavy (non-hydrogen) atoms. The minimum Gasteiger partial charge on any atom is -0.332 e. The fourth-order valence-electron chi connectivity index (χ4n) is 2.54. The molecule has 0 heterocycles. The Morgan fingerprint density at radius 3 is 2.28 bits per heavy atom. The molecule has 0 aliphatic carbocycles. The number of hydrogen-bond donors (Lipinski definition) is 3. The van der Waals surface area contributed by atoms with Gasteiger partial charge in [0.05, 0.1) is 0 Å². The number of nitrogens with one attached hydrogen (secondary N) is 3. The lowest BCUT2D eigenvalue weighted by molar-refractivity contribution is -0.116. The van der Waals surface area contributed by atoms with E-state index in [9.17, 15) is 9.59 Å². The van der Waals surface area contributed by atoms with Crippen molar-refractivity contribution in [3.8, 4) is 0 Å². The predicted molar refractivity (Wildman–Crippen MR) is 123 cm³/mol. The van der Waals surface area contributed by atoms with Crippen molar-refractivity contribution in [2.45, 2.75) is 19.3 Å². The van der Waals surface area contributed by atoms with Gasteiger partial charge in [-0.3, -0.25) is 14.9 Å². The Kier molecular flexibility index (Phi) is 9.05. The molecule has 0 aliphatic rings. The van der Waals surface area contributed by atoms with Crippen molar-refractivity contribution in [1.82, 2.24) is 10.2 Å². The van der Waals surface area contributed by atoms with Crippen LogP contribution in [-0.4, -0.2) is 42.5 Å². The minimum absolute atomic E-state index is 0.00577. The molecule has 2 amide bonds. The molecule has 2 rings (SSSR count). The molecule has 6 nitrogen and oxygen atoms in total. The number of unbranched alkanes of at least 4 members (excludes halogenated alkanes) is 1. The number of hydrogen-bond acceptors (Lipinski definition) is 4. The van der Waals surface area contributed by atoms with Crippen LogP contribution in [0.25, 0.3) is 0 Å². The van der Waals surface area contributed by atoms with E-state index in [0.717, 1.165) is 19.4 Å². The second kappa shape index (κ2) is 11.5. The van der Waals surface area contributed by atoms with E-state index in [1.165, 1.54) is 0 Å². The van der Waals surface area contributed by atoms with Crippen molar-refractivity contribution >= 4 is 52.1 Å². The first-order chi connectivity index (χ1) is 13.8. The van der Waals surface area contributed by atoms with E-state index in [4.69, 9.17) is 23.8 Å². The summed E-state index contributed by atoms with van der Waals surface area (Å²) < 4.78 is 0. The number of benzene rings is 2. The fourth-order valence-corrected chi connectivity index (χ4v) is 2.94. The second-order valence-corrected chi connectivity index (χ2v) is 7.65. The zero-order valence-electron chi connectivity index (χ0n) is 16.5. The van der Waals surface area contributed by atoms with Gasteiger partial charge in [-0.15, -0.1) is 0 Å². The van der Waals surface area contributed by atoms with Crippen LogP contribution >= 0.6 is 23.8 Å². The molecule has 0 saturated carbocycles. The Morgan fingerprint density at radius 2 is 1.66 bits per heavy atom. The Morgan fingerprint density at radius 1 is 1.00 bits per heavy atom. The number of amides is 2. The lowest BCUT2D eigenvalue weighted by Gasteiger charge is -2.11. The Labute approximate surface area is 181 Å².